The monoisotopic (exact) mass is 210 g/mol. The second-order valence-electron chi connectivity index (χ2n) is 3.47. The van der Waals surface area contributed by atoms with Crippen LogP contribution in [-0.4, -0.2) is 12.1 Å². The molecule has 1 aromatic rings. The highest BCUT2D eigenvalue weighted by Gasteiger charge is 2.12. The van der Waals surface area contributed by atoms with Gasteiger partial charge in [-0.2, -0.15) is 0 Å². The zero-order valence-corrected chi connectivity index (χ0v) is 9.47. The van der Waals surface area contributed by atoms with Crippen LogP contribution in [0.1, 0.15) is 29.8 Å². The fraction of sp³-hybridized carbons (Fsp3) is 0.364. The van der Waals surface area contributed by atoms with Crippen LogP contribution in [-0.2, 0) is 4.74 Å². The van der Waals surface area contributed by atoms with E-state index in [-0.39, 0.29) is 12.1 Å². The molecule has 3 heteroatoms. The van der Waals surface area contributed by atoms with Crippen molar-refractivity contribution in [2.24, 2.45) is 0 Å². The molecule has 0 aliphatic rings. The lowest BCUT2D eigenvalue weighted by Crippen LogP contribution is -2.12. The van der Waals surface area contributed by atoms with Crippen LogP contribution in [0.4, 0.5) is 0 Å². The molecule has 76 valence electrons. The van der Waals surface area contributed by atoms with Gasteiger partial charge in [0, 0.05) is 4.90 Å². The lowest BCUT2D eigenvalue weighted by molar-refractivity contribution is 0.0373. The minimum absolute atomic E-state index is 0.101. The Morgan fingerprint density at radius 2 is 2.07 bits per heavy atom. The number of carbonyl (C=O) groups is 1. The van der Waals surface area contributed by atoms with E-state index in [1.807, 2.05) is 26.8 Å². The van der Waals surface area contributed by atoms with Gasteiger partial charge in [-0.1, -0.05) is 11.6 Å². The quantitative estimate of drug-likeness (QED) is 0.600. The van der Waals surface area contributed by atoms with Gasteiger partial charge < -0.3 is 4.74 Å². The van der Waals surface area contributed by atoms with E-state index in [2.05, 4.69) is 12.6 Å². The third-order valence-electron chi connectivity index (χ3n) is 1.71. The topological polar surface area (TPSA) is 26.3 Å². The summed E-state index contributed by atoms with van der Waals surface area (Å²) in [5, 5.41) is 0. The summed E-state index contributed by atoms with van der Waals surface area (Å²) >= 11 is 4.21. The third kappa shape index (κ3) is 2.77. The zero-order chi connectivity index (χ0) is 10.7. The Morgan fingerprint density at radius 1 is 1.43 bits per heavy atom. The highest BCUT2D eigenvalue weighted by Crippen LogP contribution is 2.17. The minimum Gasteiger partial charge on any atom is -0.459 e. The Bertz CT molecular complexity index is 345. The molecule has 0 bridgehead atoms. The lowest BCUT2D eigenvalue weighted by Gasteiger charge is -2.09. The summed E-state index contributed by atoms with van der Waals surface area (Å²) in [5.74, 6) is -0.311. The second-order valence-corrected chi connectivity index (χ2v) is 3.96. The van der Waals surface area contributed by atoms with Gasteiger partial charge in [0.05, 0.1) is 11.7 Å². The Hall–Kier alpha value is -0.960. The molecule has 0 aliphatic heterocycles. The molecule has 0 saturated carbocycles. The largest absolute Gasteiger partial charge is 0.459 e. The number of esters is 1. The van der Waals surface area contributed by atoms with Crippen molar-refractivity contribution in [3.05, 3.63) is 29.3 Å². The molecule has 0 spiro atoms. The van der Waals surface area contributed by atoms with Gasteiger partial charge in [-0.25, -0.2) is 4.79 Å². The molecule has 0 aliphatic carbocycles. The predicted octanol–water partition coefficient (Wildman–Crippen LogP) is 2.85. The average Bonchev–Trinajstić information content (AvgIpc) is 2.08. The number of benzene rings is 1. The van der Waals surface area contributed by atoms with Gasteiger partial charge >= 0.3 is 5.97 Å². The number of rotatable bonds is 2. The number of hydrogen-bond acceptors (Lipinski definition) is 3. The van der Waals surface area contributed by atoms with E-state index < -0.39 is 0 Å². The van der Waals surface area contributed by atoms with Crippen LogP contribution < -0.4 is 0 Å². The Morgan fingerprint density at radius 3 is 2.64 bits per heavy atom. The molecule has 1 aromatic carbocycles. The van der Waals surface area contributed by atoms with Gasteiger partial charge in [0.25, 0.3) is 0 Å². The van der Waals surface area contributed by atoms with Gasteiger partial charge in [-0.3, -0.25) is 0 Å². The number of hydrogen-bond donors (Lipinski definition) is 1. The molecule has 0 fully saturated rings. The van der Waals surface area contributed by atoms with Crippen LogP contribution in [0.2, 0.25) is 0 Å². The maximum atomic E-state index is 11.6. The normalized spacial score (nSPS) is 10.4. The summed E-state index contributed by atoms with van der Waals surface area (Å²) in [6.45, 7) is 5.58. The first-order valence-corrected chi connectivity index (χ1v) is 4.96. The van der Waals surface area contributed by atoms with Crippen molar-refractivity contribution >= 4 is 18.6 Å². The molecule has 0 radical (unpaired) electrons. The molecular formula is C11H14O2S. The van der Waals surface area contributed by atoms with Crippen molar-refractivity contribution < 1.29 is 9.53 Å². The van der Waals surface area contributed by atoms with E-state index in [0.29, 0.717) is 10.5 Å². The van der Waals surface area contributed by atoms with Crippen molar-refractivity contribution in [2.75, 3.05) is 0 Å². The summed E-state index contributed by atoms with van der Waals surface area (Å²) in [7, 11) is 0. The minimum atomic E-state index is -0.311. The molecule has 0 amide bonds. The van der Waals surface area contributed by atoms with Gasteiger partial charge in [-0.15, -0.1) is 12.6 Å². The van der Waals surface area contributed by atoms with E-state index in [1.54, 1.807) is 12.1 Å². The number of thiol groups is 1. The SMILES string of the molecule is Cc1ccc(S)c(C(=O)OC(C)C)c1. The Kier molecular flexibility index (Phi) is 3.58. The van der Waals surface area contributed by atoms with Crippen LogP contribution in [0.25, 0.3) is 0 Å². The van der Waals surface area contributed by atoms with E-state index >= 15 is 0 Å². The van der Waals surface area contributed by atoms with Crippen LogP contribution in [0, 0.1) is 6.92 Å². The van der Waals surface area contributed by atoms with Crippen LogP contribution >= 0.6 is 12.6 Å². The molecule has 0 aromatic heterocycles. The van der Waals surface area contributed by atoms with Crippen molar-refractivity contribution in [1.82, 2.24) is 0 Å². The van der Waals surface area contributed by atoms with Gasteiger partial charge in [0.1, 0.15) is 0 Å². The Labute approximate surface area is 89.7 Å². The number of aryl methyl sites for hydroxylation is 1. The third-order valence-corrected chi connectivity index (χ3v) is 2.10. The molecular weight excluding hydrogens is 196 g/mol. The standard InChI is InChI=1S/C11H14O2S/c1-7(2)13-11(12)9-6-8(3)4-5-10(9)14/h4-7,14H,1-3H3. The zero-order valence-electron chi connectivity index (χ0n) is 8.57. The van der Waals surface area contributed by atoms with E-state index in [1.165, 1.54) is 0 Å². The van der Waals surface area contributed by atoms with Crippen LogP contribution in [0.15, 0.2) is 23.1 Å². The fourth-order valence-corrected chi connectivity index (χ4v) is 1.32. The molecule has 2 nitrogen and oxygen atoms in total. The molecule has 0 atom stereocenters. The number of carbonyl (C=O) groups excluding carboxylic acids is 1. The van der Waals surface area contributed by atoms with E-state index in [4.69, 9.17) is 4.74 Å². The molecule has 0 heterocycles. The molecule has 0 unspecified atom stereocenters. The van der Waals surface area contributed by atoms with Crippen molar-refractivity contribution in [3.8, 4) is 0 Å². The first kappa shape index (κ1) is 11.1. The fourth-order valence-electron chi connectivity index (χ4n) is 1.09. The van der Waals surface area contributed by atoms with E-state index in [0.717, 1.165) is 5.56 Å². The van der Waals surface area contributed by atoms with Gasteiger partial charge in [0.15, 0.2) is 0 Å². The maximum Gasteiger partial charge on any atom is 0.339 e. The average molecular weight is 210 g/mol. The molecule has 1 rings (SSSR count). The van der Waals surface area contributed by atoms with Gasteiger partial charge in [-0.05, 0) is 32.9 Å². The van der Waals surface area contributed by atoms with Crippen molar-refractivity contribution in [1.29, 1.82) is 0 Å². The number of ether oxygens (including phenoxy) is 1. The lowest BCUT2D eigenvalue weighted by atomic mass is 10.1. The molecule has 0 saturated heterocycles. The van der Waals surface area contributed by atoms with Crippen molar-refractivity contribution in [2.45, 2.75) is 31.8 Å². The molecule has 14 heavy (non-hydrogen) atoms. The first-order chi connectivity index (χ1) is 6.50. The smallest absolute Gasteiger partial charge is 0.339 e. The highest BCUT2D eigenvalue weighted by atomic mass is 32.1. The second kappa shape index (κ2) is 4.51. The van der Waals surface area contributed by atoms with Crippen molar-refractivity contribution in [3.63, 3.8) is 0 Å². The summed E-state index contributed by atoms with van der Waals surface area (Å²) in [6, 6.07) is 5.50. The van der Waals surface area contributed by atoms with Crippen LogP contribution in [0.5, 0.6) is 0 Å². The first-order valence-electron chi connectivity index (χ1n) is 4.51. The summed E-state index contributed by atoms with van der Waals surface area (Å²) in [4.78, 5) is 12.2. The van der Waals surface area contributed by atoms with E-state index in [9.17, 15) is 4.79 Å². The maximum absolute atomic E-state index is 11.6. The highest BCUT2D eigenvalue weighted by molar-refractivity contribution is 7.80. The summed E-state index contributed by atoms with van der Waals surface area (Å²) in [5.41, 5.74) is 1.56. The summed E-state index contributed by atoms with van der Waals surface area (Å²) in [6.07, 6.45) is -0.101. The van der Waals surface area contributed by atoms with Crippen LogP contribution in [0.3, 0.4) is 0 Å². The predicted molar refractivity (Wildman–Crippen MR) is 59.0 cm³/mol. The molecule has 0 N–H and O–H groups in total. The Balaban J connectivity index is 2.94. The van der Waals surface area contributed by atoms with Gasteiger partial charge in [0.2, 0.25) is 0 Å². The summed E-state index contributed by atoms with van der Waals surface area (Å²) < 4.78 is 5.08.